The van der Waals surface area contributed by atoms with Crippen LogP contribution in [-0.2, 0) is 4.74 Å². The van der Waals surface area contributed by atoms with E-state index in [2.05, 4.69) is 15.6 Å². The topological polar surface area (TPSA) is 86.5 Å². The van der Waals surface area contributed by atoms with Gasteiger partial charge < -0.3 is 25.3 Å². The lowest BCUT2D eigenvalue weighted by Crippen LogP contribution is -2.49. The summed E-state index contributed by atoms with van der Waals surface area (Å²) in [5.74, 6) is 0.107. The summed E-state index contributed by atoms with van der Waals surface area (Å²) >= 11 is 0. The van der Waals surface area contributed by atoms with Crippen molar-refractivity contribution in [3.05, 3.63) is 24.0 Å². The van der Waals surface area contributed by atoms with Crippen LogP contribution in [0.3, 0.4) is 0 Å². The number of rotatable bonds is 3. The molecule has 132 valence electrons. The number of carbonyl (C=O) groups is 2. The molecule has 1 aromatic heterocycles. The minimum Gasteiger partial charge on any atom is -0.376 e. The van der Waals surface area contributed by atoms with Gasteiger partial charge in [-0.3, -0.25) is 4.79 Å². The number of H-pyrrole nitrogens is 1. The number of likely N-dealkylation sites (tertiary alicyclic amines) is 1. The number of aromatic nitrogens is 1. The van der Waals surface area contributed by atoms with E-state index in [9.17, 15) is 9.59 Å². The zero-order valence-electron chi connectivity index (χ0n) is 14.1. The standard InChI is InChI=1S/C17H26N4O3/c1-18-16(23)20-11-14-2-4-17(12-24-14)5-8-21(9-6-17)15(22)13-3-7-19-10-13/h3,7,10,14,19H,2,4-6,8-9,11-12H2,1H3,(H2,18,20,23). The van der Waals surface area contributed by atoms with Gasteiger partial charge in [-0.2, -0.15) is 0 Å². The van der Waals surface area contributed by atoms with E-state index in [1.807, 2.05) is 11.0 Å². The summed E-state index contributed by atoms with van der Waals surface area (Å²) in [6.07, 6.45) is 7.64. The molecule has 3 heterocycles. The second-order valence-corrected chi connectivity index (χ2v) is 6.82. The van der Waals surface area contributed by atoms with Crippen LogP contribution in [0.5, 0.6) is 0 Å². The summed E-state index contributed by atoms with van der Waals surface area (Å²) in [5.41, 5.74) is 0.921. The highest BCUT2D eigenvalue weighted by Gasteiger charge is 2.39. The fourth-order valence-corrected chi connectivity index (χ4v) is 3.59. The molecular formula is C17H26N4O3. The number of hydrogen-bond donors (Lipinski definition) is 3. The lowest BCUT2D eigenvalue weighted by atomic mass is 9.73. The molecule has 0 bridgehead atoms. The third-order valence-corrected chi connectivity index (χ3v) is 5.30. The van der Waals surface area contributed by atoms with Crippen molar-refractivity contribution in [2.75, 3.05) is 33.3 Å². The van der Waals surface area contributed by atoms with Gasteiger partial charge in [0.2, 0.25) is 0 Å². The molecule has 2 aliphatic heterocycles. The van der Waals surface area contributed by atoms with Crippen LogP contribution in [0.15, 0.2) is 18.5 Å². The number of urea groups is 1. The van der Waals surface area contributed by atoms with Crippen molar-refractivity contribution in [2.45, 2.75) is 31.8 Å². The van der Waals surface area contributed by atoms with E-state index in [0.717, 1.165) is 50.9 Å². The predicted molar refractivity (Wildman–Crippen MR) is 89.8 cm³/mol. The molecular weight excluding hydrogens is 308 g/mol. The Morgan fingerprint density at radius 3 is 2.75 bits per heavy atom. The van der Waals surface area contributed by atoms with E-state index in [1.165, 1.54) is 0 Å². The molecule has 7 heteroatoms. The molecule has 3 rings (SSSR count). The van der Waals surface area contributed by atoms with Crippen LogP contribution in [0.4, 0.5) is 4.79 Å². The summed E-state index contributed by atoms with van der Waals surface area (Å²) in [4.78, 5) is 28.5. The van der Waals surface area contributed by atoms with Gasteiger partial charge in [-0.15, -0.1) is 0 Å². The summed E-state index contributed by atoms with van der Waals surface area (Å²) in [7, 11) is 1.61. The van der Waals surface area contributed by atoms with Crippen LogP contribution in [0.2, 0.25) is 0 Å². The molecule has 24 heavy (non-hydrogen) atoms. The highest BCUT2D eigenvalue weighted by molar-refractivity contribution is 5.94. The number of carbonyl (C=O) groups excluding carboxylic acids is 2. The molecule has 3 amide bonds. The van der Waals surface area contributed by atoms with Gasteiger partial charge in [0.05, 0.1) is 18.3 Å². The lowest BCUT2D eigenvalue weighted by Gasteiger charge is -2.45. The summed E-state index contributed by atoms with van der Waals surface area (Å²) in [5, 5.41) is 5.34. The van der Waals surface area contributed by atoms with E-state index in [1.54, 1.807) is 19.4 Å². The fraction of sp³-hybridized carbons (Fsp3) is 0.647. The van der Waals surface area contributed by atoms with Crippen LogP contribution >= 0.6 is 0 Å². The Morgan fingerprint density at radius 2 is 2.17 bits per heavy atom. The molecule has 1 aromatic rings. The van der Waals surface area contributed by atoms with Crippen LogP contribution in [-0.4, -0.2) is 61.2 Å². The normalized spacial score (nSPS) is 23.0. The third-order valence-electron chi connectivity index (χ3n) is 5.30. The Morgan fingerprint density at radius 1 is 1.38 bits per heavy atom. The average Bonchev–Trinajstić information content (AvgIpc) is 3.16. The number of amides is 3. The first-order valence-corrected chi connectivity index (χ1v) is 8.61. The number of aromatic amines is 1. The van der Waals surface area contributed by atoms with E-state index in [-0.39, 0.29) is 23.5 Å². The van der Waals surface area contributed by atoms with E-state index >= 15 is 0 Å². The first kappa shape index (κ1) is 16.8. The van der Waals surface area contributed by atoms with Crippen molar-refractivity contribution in [3.63, 3.8) is 0 Å². The van der Waals surface area contributed by atoms with Gasteiger partial charge in [0.15, 0.2) is 0 Å². The van der Waals surface area contributed by atoms with Gasteiger partial charge >= 0.3 is 6.03 Å². The van der Waals surface area contributed by atoms with Crippen LogP contribution < -0.4 is 10.6 Å². The van der Waals surface area contributed by atoms with Gasteiger partial charge in [0.25, 0.3) is 5.91 Å². The van der Waals surface area contributed by atoms with Gasteiger partial charge in [0.1, 0.15) is 0 Å². The lowest BCUT2D eigenvalue weighted by molar-refractivity contribution is -0.0807. The number of ether oxygens (including phenoxy) is 1. The fourth-order valence-electron chi connectivity index (χ4n) is 3.59. The number of hydrogen-bond acceptors (Lipinski definition) is 3. The first-order chi connectivity index (χ1) is 11.6. The van der Waals surface area contributed by atoms with Crippen molar-refractivity contribution >= 4 is 11.9 Å². The smallest absolute Gasteiger partial charge is 0.314 e. The largest absolute Gasteiger partial charge is 0.376 e. The predicted octanol–water partition coefficient (Wildman–Crippen LogP) is 1.35. The minimum atomic E-state index is -0.171. The summed E-state index contributed by atoms with van der Waals surface area (Å²) in [6.45, 7) is 2.84. The molecule has 1 atom stereocenters. The maximum Gasteiger partial charge on any atom is 0.314 e. The molecule has 0 saturated carbocycles. The Kier molecular flexibility index (Phi) is 5.08. The summed E-state index contributed by atoms with van der Waals surface area (Å²) < 4.78 is 5.98. The Balaban J connectivity index is 1.45. The minimum absolute atomic E-state index is 0.0902. The monoisotopic (exact) mass is 334 g/mol. The van der Waals surface area contributed by atoms with Crippen molar-refractivity contribution in [2.24, 2.45) is 5.41 Å². The molecule has 1 unspecified atom stereocenters. The van der Waals surface area contributed by atoms with E-state index in [0.29, 0.717) is 6.54 Å². The quantitative estimate of drug-likeness (QED) is 0.780. The van der Waals surface area contributed by atoms with Crippen LogP contribution in [0, 0.1) is 5.41 Å². The van der Waals surface area contributed by atoms with Gasteiger partial charge in [-0.05, 0) is 37.2 Å². The molecule has 2 saturated heterocycles. The highest BCUT2D eigenvalue weighted by atomic mass is 16.5. The molecule has 0 aromatic carbocycles. The van der Waals surface area contributed by atoms with Crippen molar-refractivity contribution in [1.29, 1.82) is 0 Å². The van der Waals surface area contributed by atoms with Gasteiger partial charge in [-0.1, -0.05) is 0 Å². The summed E-state index contributed by atoms with van der Waals surface area (Å²) in [6, 6.07) is 1.65. The Labute approximate surface area is 142 Å². The Hall–Kier alpha value is -2.02. The Bertz CT molecular complexity index is 554. The SMILES string of the molecule is CNC(=O)NCC1CCC2(CCN(C(=O)c3cc[nH]c3)CC2)CO1. The van der Waals surface area contributed by atoms with Gasteiger partial charge in [-0.25, -0.2) is 4.79 Å². The zero-order chi connectivity index (χ0) is 17.0. The highest BCUT2D eigenvalue weighted by Crippen LogP contribution is 2.40. The molecule has 0 radical (unpaired) electrons. The second-order valence-electron chi connectivity index (χ2n) is 6.82. The molecule has 3 N–H and O–H groups in total. The molecule has 2 aliphatic rings. The number of nitrogens with one attached hydrogen (secondary N) is 3. The zero-order valence-corrected chi connectivity index (χ0v) is 14.1. The first-order valence-electron chi connectivity index (χ1n) is 8.61. The molecule has 2 fully saturated rings. The maximum absolute atomic E-state index is 12.4. The number of nitrogens with zero attached hydrogens (tertiary/aromatic N) is 1. The van der Waals surface area contributed by atoms with Crippen molar-refractivity contribution in [1.82, 2.24) is 20.5 Å². The molecule has 0 aliphatic carbocycles. The average molecular weight is 334 g/mol. The third kappa shape index (κ3) is 3.72. The molecule has 7 nitrogen and oxygen atoms in total. The second kappa shape index (κ2) is 7.25. The number of piperidine rings is 1. The van der Waals surface area contributed by atoms with Crippen LogP contribution in [0.1, 0.15) is 36.0 Å². The van der Waals surface area contributed by atoms with Gasteiger partial charge in [0, 0.05) is 39.1 Å². The van der Waals surface area contributed by atoms with Crippen LogP contribution in [0.25, 0.3) is 0 Å². The maximum atomic E-state index is 12.4. The van der Waals surface area contributed by atoms with Crippen molar-refractivity contribution < 1.29 is 14.3 Å². The van der Waals surface area contributed by atoms with Crippen molar-refractivity contribution in [3.8, 4) is 0 Å². The van der Waals surface area contributed by atoms with E-state index in [4.69, 9.17) is 4.74 Å². The molecule has 1 spiro atoms. The van der Waals surface area contributed by atoms with E-state index < -0.39 is 0 Å².